The topological polar surface area (TPSA) is 67.9 Å². The SMILES string of the molecule is CCOC(=O)c1c(-c2ccc(F)cc2)csc1NC(=O)CCN1C[C@@H](C)O[C@@H](C)C1. The molecule has 0 saturated carbocycles. The number of halogens is 1. The monoisotopic (exact) mass is 434 g/mol. The first-order valence-electron chi connectivity index (χ1n) is 10.1. The van der Waals surface area contributed by atoms with Gasteiger partial charge in [0, 0.05) is 37.0 Å². The molecule has 0 spiro atoms. The Bertz CT molecular complexity index is 874. The minimum atomic E-state index is -0.510. The van der Waals surface area contributed by atoms with Crippen LogP contribution in [0.25, 0.3) is 11.1 Å². The van der Waals surface area contributed by atoms with Crippen molar-refractivity contribution >= 4 is 28.2 Å². The highest BCUT2D eigenvalue weighted by Gasteiger charge is 2.25. The van der Waals surface area contributed by atoms with E-state index in [0.29, 0.717) is 34.7 Å². The van der Waals surface area contributed by atoms with E-state index in [1.165, 1.54) is 23.5 Å². The van der Waals surface area contributed by atoms with E-state index in [9.17, 15) is 14.0 Å². The number of nitrogens with one attached hydrogen (secondary N) is 1. The second-order valence-electron chi connectivity index (χ2n) is 7.40. The summed E-state index contributed by atoms with van der Waals surface area (Å²) in [5, 5.41) is 5.08. The van der Waals surface area contributed by atoms with E-state index in [-0.39, 0.29) is 30.5 Å². The Kier molecular flexibility index (Phi) is 7.58. The molecule has 1 fully saturated rings. The summed E-state index contributed by atoms with van der Waals surface area (Å²) in [7, 11) is 0. The van der Waals surface area contributed by atoms with Gasteiger partial charge in [-0.3, -0.25) is 9.69 Å². The molecule has 1 N–H and O–H groups in total. The third-order valence-corrected chi connectivity index (χ3v) is 5.72. The van der Waals surface area contributed by atoms with Gasteiger partial charge >= 0.3 is 5.97 Å². The van der Waals surface area contributed by atoms with Crippen molar-refractivity contribution in [3.8, 4) is 11.1 Å². The van der Waals surface area contributed by atoms with E-state index in [4.69, 9.17) is 9.47 Å². The zero-order valence-corrected chi connectivity index (χ0v) is 18.3. The Balaban J connectivity index is 1.72. The van der Waals surface area contributed by atoms with Crippen LogP contribution in [0.2, 0.25) is 0 Å². The molecule has 8 heteroatoms. The molecule has 30 heavy (non-hydrogen) atoms. The predicted octanol–water partition coefficient (Wildman–Crippen LogP) is 4.17. The lowest BCUT2D eigenvalue weighted by Gasteiger charge is -2.35. The lowest BCUT2D eigenvalue weighted by molar-refractivity contribution is -0.117. The van der Waals surface area contributed by atoms with Crippen molar-refractivity contribution < 1.29 is 23.5 Å². The Hall–Kier alpha value is -2.29. The van der Waals surface area contributed by atoms with Crippen molar-refractivity contribution in [2.24, 2.45) is 0 Å². The van der Waals surface area contributed by atoms with Gasteiger partial charge in [0.15, 0.2) is 0 Å². The number of thiophene rings is 1. The van der Waals surface area contributed by atoms with E-state index in [2.05, 4.69) is 10.2 Å². The molecule has 0 bridgehead atoms. The number of morpholine rings is 1. The van der Waals surface area contributed by atoms with Crippen LogP contribution in [-0.2, 0) is 14.3 Å². The summed E-state index contributed by atoms with van der Waals surface area (Å²) >= 11 is 1.26. The zero-order valence-electron chi connectivity index (χ0n) is 17.4. The fourth-order valence-electron chi connectivity index (χ4n) is 3.61. The molecule has 2 atom stereocenters. The van der Waals surface area contributed by atoms with Gasteiger partial charge in [0.25, 0.3) is 0 Å². The number of anilines is 1. The van der Waals surface area contributed by atoms with Crippen LogP contribution < -0.4 is 5.32 Å². The van der Waals surface area contributed by atoms with Crippen LogP contribution in [0.3, 0.4) is 0 Å². The lowest BCUT2D eigenvalue weighted by atomic mass is 10.0. The van der Waals surface area contributed by atoms with Gasteiger partial charge in [0.05, 0.1) is 18.8 Å². The number of nitrogens with zero attached hydrogens (tertiary/aromatic N) is 1. The largest absolute Gasteiger partial charge is 0.462 e. The highest BCUT2D eigenvalue weighted by atomic mass is 32.1. The van der Waals surface area contributed by atoms with Gasteiger partial charge in [-0.2, -0.15) is 0 Å². The maximum absolute atomic E-state index is 13.3. The molecule has 1 aromatic heterocycles. The molecular weight excluding hydrogens is 407 g/mol. The smallest absolute Gasteiger partial charge is 0.341 e. The first-order chi connectivity index (χ1) is 14.4. The summed E-state index contributed by atoms with van der Waals surface area (Å²) in [6.45, 7) is 8.20. The summed E-state index contributed by atoms with van der Waals surface area (Å²) in [5.41, 5.74) is 1.60. The number of hydrogen-bond acceptors (Lipinski definition) is 6. The normalized spacial score (nSPS) is 19.5. The molecule has 1 aliphatic heterocycles. The van der Waals surface area contributed by atoms with Gasteiger partial charge in [0.1, 0.15) is 16.4 Å². The third-order valence-electron chi connectivity index (χ3n) is 4.83. The van der Waals surface area contributed by atoms with Gasteiger partial charge in [-0.1, -0.05) is 12.1 Å². The van der Waals surface area contributed by atoms with Crippen molar-refractivity contribution in [2.45, 2.75) is 39.4 Å². The maximum Gasteiger partial charge on any atom is 0.341 e. The highest BCUT2D eigenvalue weighted by molar-refractivity contribution is 7.15. The number of hydrogen-bond donors (Lipinski definition) is 1. The van der Waals surface area contributed by atoms with Crippen LogP contribution >= 0.6 is 11.3 Å². The van der Waals surface area contributed by atoms with E-state index >= 15 is 0 Å². The van der Waals surface area contributed by atoms with Crippen molar-refractivity contribution in [3.63, 3.8) is 0 Å². The van der Waals surface area contributed by atoms with Crippen LogP contribution in [0.15, 0.2) is 29.6 Å². The average Bonchev–Trinajstić information content (AvgIpc) is 3.10. The summed E-state index contributed by atoms with van der Waals surface area (Å²) < 4.78 is 24.2. The van der Waals surface area contributed by atoms with Gasteiger partial charge in [-0.05, 0) is 38.5 Å². The molecule has 0 unspecified atom stereocenters. The number of esters is 1. The number of carbonyl (C=O) groups is 2. The summed E-state index contributed by atoms with van der Waals surface area (Å²) in [6, 6.07) is 5.88. The van der Waals surface area contributed by atoms with E-state index in [0.717, 1.165) is 13.1 Å². The summed E-state index contributed by atoms with van der Waals surface area (Å²) in [5.74, 6) is -1.03. The van der Waals surface area contributed by atoms with Crippen molar-refractivity contribution in [3.05, 3.63) is 41.0 Å². The lowest BCUT2D eigenvalue weighted by Crippen LogP contribution is -2.46. The standard InChI is InChI=1S/C22H27FN2O4S/c1-4-28-22(27)20-18(16-5-7-17(23)8-6-16)13-30-21(20)24-19(26)9-10-25-11-14(2)29-15(3)12-25/h5-8,13-15H,4,9-12H2,1-3H3,(H,24,26)/t14-,15+. The quantitative estimate of drug-likeness (QED) is 0.663. The number of carbonyl (C=O) groups excluding carboxylic acids is 2. The van der Waals surface area contributed by atoms with Gasteiger partial charge in [-0.25, -0.2) is 9.18 Å². The second kappa shape index (κ2) is 10.1. The predicted molar refractivity (Wildman–Crippen MR) is 115 cm³/mol. The first kappa shape index (κ1) is 22.4. The highest BCUT2D eigenvalue weighted by Crippen LogP contribution is 2.36. The van der Waals surface area contributed by atoms with Gasteiger partial charge in [-0.15, -0.1) is 11.3 Å². The van der Waals surface area contributed by atoms with Crippen LogP contribution in [0, 0.1) is 5.82 Å². The van der Waals surface area contributed by atoms with Gasteiger partial charge in [0.2, 0.25) is 5.91 Å². The average molecular weight is 435 g/mol. The number of ether oxygens (including phenoxy) is 2. The molecule has 1 saturated heterocycles. The molecule has 0 aliphatic carbocycles. The molecular formula is C22H27FN2O4S. The summed E-state index contributed by atoms with van der Waals surface area (Å²) in [4.78, 5) is 27.4. The van der Waals surface area contributed by atoms with Gasteiger partial charge < -0.3 is 14.8 Å². The molecule has 2 heterocycles. The van der Waals surface area contributed by atoms with E-state index < -0.39 is 5.97 Å². The minimum Gasteiger partial charge on any atom is -0.462 e. The van der Waals surface area contributed by atoms with Crippen molar-refractivity contribution in [2.75, 3.05) is 31.6 Å². The Morgan fingerprint density at radius 1 is 1.23 bits per heavy atom. The van der Waals surface area contributed by atoms with Crippen molar-refractivity contribution in [1.29, 1.82) is 0 Å². The number of benzene rings is 1. The molecule has 2 aromatic rings. The fourth-order valence-corrected chi connectivity index (χ4v) is 4.59. The molecule has 1 aromatic carbocycles. The minimum absolute atomic E-state index is 0.141. The fraction of sp³-hybridized carbons (Fsp3) is 0.455. The maximum atomic E-state index is 13.3. The number of amides is 1. The first-order valence-corrected chi connectivity index (χ1v) is 11.0. The van der Waals surface area contributed by atoms with E-state index in [1.54, 1.807) is 24.4 Å². The van der Waals surface area contributed by atoms with Crippen LogP contribution in [0.1, 0.15) is 37.6 Å². The second-order valence-corrected chi connectivity index (χ2v) is 8.28. The van der Waals surface area contributed by atoms with Crippen LogP contribution in [0.4, 0.5) is 9.39 Å². The summed E-state index contributed by atoms with van der Waals surface area (Å²) in [6.07, 6.45) is 0.594. The molecule has 162 valence electrons. The molecule has 1 aliphatic rings. The molecule has 3 rings (SSSR count). The van der Waals surface area contributed by atoms with Crippen molar-refractivity contribution in [1.82, 2.24) is 4.90 Å². The third kappa shape index (κ3) is 5.65. The Labute approximate surface area is 180 Å². The Morgan fingerprint density at radius 3 is 2.53 bits per heavy atom. The molecule has 6 nitrogen and oxygen atoms in total. The number of rotatable bonds is 7. The van der Waals surface area contributed by atoms with Crippen LogP contribution in [-0.4, -0.2) is 55.2 Å². The van der Waals surface area contributed by atoms with Crippen LogP contribution in [0.5, 0.6) is 0 Å². The zero-order chi connectivity index (χ0) is 21.7. The van der Waals surface area contributed by atoms with E-state index in [1.807, 2.05) is 13.8 Å². The molecule has 1 amide bonds. The Morgan fingerprint density at radius 2 is 1.90 bits per heavy atom. The molecule has 0 radical (unpaired) electrons.